The number of hydrogen-bond acceptors (Lipinski definition) is 5. The van der Waals surface area contributed by atoms with Crippen molar-refractivity contribution in [2.45, 2.75) is 6.54 Å². The fourth-order valence-electron chi connectivity index (χ4n) is 0.966. The molecule has 7 heteroatoms. The summed E-state index contributed by atoms with van der Waals surface area (Å²) in [5.41, 5.74) is 0.910. The molecule has 0 saturated carbocycles. The first-order valence-electron chi connectivity index (χ1n) is 4.35. The van der Waals surface area contributed by atoms with Crippen LogP contribution in [0.15, 0.2) is 29.6 Å². The Bertz CT molecular complexity index is 394. The maximum absolute atomic E-state index is 10.3. The summed E-state index contributed by atoms with van der Waals surface area (Å²) in [6, 6.07) is 3.49. The number of thioether (sulfide) groups is 1. The molecule has 16 heavy (non-hydrogen) atoms. The van der Waals surface area contributed by atoms with Crippen molar-refractivity contribution in [1.29, 1.82) is 0 Å². The number of nitrogens with zero attached hydrogens (tertiary/aromatic N) is 2. The van der Waals surface area contributed by atoms with Gasteiger partial charge in [-0.05, 0) is 17.9 Å². The van der Waals surface area contributed by atoms with E-state index in [4.69, 9.17) is 11.6 Å². The third kappa shape index (κ3) is 4.50. The number of hydrogen-bond donors (Lipinski definition) is 1. The molecule has 0 fully saturated rings. The van der Waals surface area contributed by atoms with Crippen molar-refractivity contribution in [3.63, 3.8) is 0 Å². The largest absolute Gasteiger partial charge is 0.371 e. The van der Waals surface area contributed by atoms with Crippen LogP contribution in [0.2, 0.25) is 5.15 Å². The molecule has 0 spiro atoms. The van der Waals surface area contributed by atoms with Crippen LogP contribution in [-0.4, -0.2) is 16.2 Å². The number of aromatic nitrogens is 1. The lowest BCUT2D eigenvalue weighted by Gasteiger charge is -2.05. The van der Waals surface area contributed by atoms with Crippen LogP contribution >= 0.6 is 23.4 Å². The Kier molecular flexibility index (Phi) is 5.07. The highest BCUT2D eigenvalue weighted by Gasteiger charge is 2.01. The Hall–Kier alpha value is -1.27. The van der Waals surface area contributed by atoms with Crippen LogP contribution < -0.4 is 5.32 Å². The Labute approximate surface area is 102 Å². The molecular formula is C9H10ClN3O2S. The summed E-state index contributed by atoms with van der Waals surface area (Å²) in [4.78, 5) is 13.7. The summed E-state index contributed by atoms with van der Waals surface area (Å²) < 4.78 is 0. The molecule has 0 radical (unpaired) electrons. The molecule has 0 aromatic carbocycles. The van der Waals surface area contributed by atoms with Crippen LogP contribution in [-0.2, 0) is 6.54 Å². The zero-order chi connectivity index (χ0) is 12.0. The number of nitrogens with one attached hydrogen (secondary N) is 1. The number of nitro groups is 1. The van der Waals surface area contributed by atoms with E-state index < -0.39 is 4.92 Å². The van der Waals surface area contributed by atoms with Crippen molar-refractivity contribution in [3.8, 4) is 0 Å². The maximum atomic E-state index is 10.3. The van der Waals surface area contributed by atoms with Gasteiger partial charge < -0.3 is 5.32 Å². The van der Waals surface area contributed by atoms with Crippen LogP contribution in [0.4, 0.5) is 0 Å². The van der Waals surface area contributed by atoms with Crippen molar-refractivity contribution in [3.05, 3.63) is 50.4 Å². The van der Waals surface area contributed by atoms with Gasteiger partial charge in [-0.1, -0.05) is 17.7 Å². The molecule has 0 bridgehead atoms. The zero-order valence-corrected chi connectivity index (χ0v) is 10.1. The molecule has 0 aliphatic rings. The summed E-state index contributed by atoms with van der Waals surface area (Å²) in [6.07, 6.45) is 4.33. The molecule has 1 aromatic rings. The quantitative estimate of drug-likeness (QED) is 0.499. The van der Waals surface area contributed by atoms with Gasteiger partial charge in [0, 0.05) is 12.7 Å². The first-order valence-corrected chi connectivity index (χ1v) is 5.95. The lowest BCUT2D eigenvalue weighted by molar-refractivity contribution is -0.403. The maximum Gasteiger partial charge on any atom is 0.263 e. The van der Waals surface area contributed by atoms with E-state index in [1.807, 2.05) is 6.07 Å². The number of pyridine rings is 1. The molecule has 1 heterocycles. The second-order valence-electron chi connectivity index (χ2n) is 2.83. The molecule has 0 saturated heterocycles. The smallest absolute Gasteiger partial charge is 0.263 e. The summed E-state index contributed by atoms with van der Waals surface area (Å²) in [6.45, 7) is 0.477. The first-order chi connectivity index (χ1) is 7.61. The highest BCUT2D eigenvalue weighted by molar-refractivity contribution is 8.02. The molecule has 1 aromatic heterocycles. The average molecular weight is 260 g/mol. The second-order valence-corrected chi connectivity index (χ2v) is 4.06. The van der Waals surface area contributed by atoms with Gasteiger partial charge in [-0.15, -0.1) is 11.8 Å². The summed E-state index contributed by atoms with van der Waals surface area (Å²) in [5.74, 6) is 0. The topological polar surface area (TPSA) is 68.1 Å². The average Bonchev–Trinajstić information content (AvgIpc) is 2.26. The fraction of sp³-hybridized carbons (Fsp3) is 0.222. The molecule has 0 aliphatic heterocycles. The van der Waals surface area contributed by atoms with Gasteiger partial charge >= 0.3 is 0 Å². The third-order valence-corrected chi connectivity index (χ3v) is 2.61. The Morgan fingerprint density at radius 3 is 3.00 bits per heavy atom. The van der Waals surface area contributed by atoms with E-state index in [1.165, 1.54) is 11.8 Å². The van der Waals surface area contributed by atoms with E-state index in [0.29, 0.717) is 16.7 Å². The molecule has 0 unspecified atom stereocenters. The van der Waals surface area contributed by atoms with Crippen molar-refractivity contribution < 1.29 is 4.92 Å². The minimum Gasteiger partial charge on any atom is -0.371 e. The summed E-state index contributed by atoms with van der Waals surface area (Å²) >= 11 is 6.92. The molecule has 0 atom stereocenters. The minimum atomic E-state index is -0.487. The van der Waals surface area contributed by atoms with Crippen LogP contribution in [0.3, 0.4) is 0 Å². The van der Waals surface area contributed by atoms with E-state index in [0.717, 1.165) is 11.8 Å². The van der Waals surface area contributed by atoms with Crippen molar-refractivity contribution in [2.24, 2.45) is 0 Å². The lowest BCUT2D eigenvalue weighted by atomic mass is 10.3. The van der Waals surface area contributed by atoms with Gasteiger partial charge in [-0.3, -0.25) is 10.1 Å². The minimum absolute atomic E-state index is 0.426. The monoisotopic (exact) mass is 259 g/mol. The first kappa shape index (κ1) is 12.8. The van der Waals surface area contributed by atoms with Gasteiger partial charge in [0.25, 0.3) is 6.20 Å². The van der Waals surface area contributed by atoms with E-state index in [1.54, 1.807) is 18.5 Å². The van der Waals surface area contributed by atoms with E-state index in [2.05, 4.69) is 10.3 Å². The molecule has 86 valence electrons. The predicted octanol–water partition coefficient (Wildman–Crippen LogP) is 2.26. The fourth-order valence-corrected chi connectivity index (χ4v) is 1.49. The Morgan fingerprint density at radius 2 is 2.50 bits per heavy atom. The van der Waals surface area contributed by atoms with Gasteiger partial charge in [0.05, 0.1) is 4.92 Å². The lowest BCUT2D eigenvalue weighted by Crippen LogP contribution is -2.11. The summed E-state index contributed by atoms with van der Waals surface area (Å²) in [5, 5.41) is 14.1. The molecule has 5 nitrogen and oxygen atoms in total. The standard InChI is InChI=1S/C9H10ClN3O2S/c1-16-9(6-13(14)15)12-5-7-2-3-8(10)11-4-7/h2-4,6,12H,5H2,1H3. The van der Waals surface area contributed by atoms with Crippen molar-refractivity contribution in [2.75, 3.05) is 6.26 Å². The molecule has 0 amide bonds. The van der Waals surface area contributed by atoms with Gasteiger partial charge in [-0.2, -0.15) is 0 Å². The predicted molar refractivity (Wildman–Crippen MR) is 64.7 cm³/mol. The zero-order valence-electron chi connectivity index (χ0n) is 8.51. The van der Waals surface area contributed by atoms with Gasteiger partial charge in [0.1, 0.15) is 10.2 Å². The Balaban J connectivity index is 2.56. The SMILES string of the molecule is CSC(=C[N+](=O)[O-])NCc1ccc(Cl)nc1. The van der Waals surface area contributed by atoms with E-state index >= 15 is 0 Å². The normalized spacial score (nSPS) is 11.2. The highest BCUT2D eigenvalue weighted by Crippen LogP contribution is 2.10. The molecule has 1 rings (SSSR count). The van der Waals surface area contributed by atoms with Crippen LogP contribution in [0.1, 0.15) is 5.56 Å². The number of rotatable bonds is 5. The molecule has 0 aliphatic carbocycles. The number of halogens is 1. The van der Waals surface area contributed by atoms with Crippen LogP contribution in [0, 0.1) is 10.1 Å². The van der Waals surface area contributed by atoms with Gasteiger partial charge in [0.15, 0.2) is 0 Å². The van der Waals surface area contributed by atoms with Crippen LogP contribution in [0.5, 0.6) is 0 Å². The Morgan fingerprint density at radius 1 is 1.75 bits per heavy atom. The van der Waals surface area contributed by atoms with Crippen molar-refractivity contribution >= 4 is 23.4 Å². The van der Waals surface area contributed by atoms with Crippen molar-refractivity contribution in [1.82, 2.24) is 10.3 Å². The second kappa shape index (κ2) is 6.34. The van der Waals surface area contributed by atoms with Crippen LogP contribution in [0.25, 0.3) is 0 Å². The van der Waals surface area contributed by atoms with Gasteiger partial charge in [0.2, 0.25) is 0 Å². The van der Waals surface area contributed by atoms with E-state index in [9.17, 15) is 10.1 Å². The highest BCUT2D eigenvalue weighted by atomic mass is 35.5. The summed E-state index contributed by atoms with van der Waals surface area (Å²) in [7, 11) is 0. The molecule has 1 N–H and O–H groups in total. The molecular weight excluding hydrogens is 250 g/mol. The van der Waals surface area contributed by atoms with Gasteiger partial charge in [-0.25, -0.2) is 4.98 Å². The third-order valence-electron chi connectivity index (χ3n) is 1.70. The van der Waals surface area contributed by atoms with E-state index in [-0.39, 0.29) is 0 Å².